The molecule has 8 heteroatoms. The van der Waals surface area contributed by atoms with Crippen LogP contribution in [0.25, 0.3) is 0 Å². The van der Waals surface area contributed by atoms with Gasteiger partial charge in [-0.05, 0) is 18.2 Å². The third-order valence-electron chi connectivity index (χ3n) is 2.77. The van der Waals surface area contributed by atoms with Crippen LogP contribution in [-0.4, -0.2) is 16.2 Å². The van der Waals surface area contributed by atoms with E-state index in [4.69, 9.17) is 0 Å². The predicted molar refractivity (Wildman–Crippen MR) is 73.5 cm³/mol. The maximum Gasteiger partial charge on any atom is 0.418 e. The molecule has 0 aliphatic rings. The fraction of sp³-hybridized carbons (Fsp3) is 0.0714. The number of hydrogen-bond acceptors (Lipinski definition) is 4. The van der Waals surface area contributed by atoms with Crippen LogP contribution < -0.4 is 0 Å². The fourth-order valence-corrected chi connectivity index (χ4v) is 1.72. The first-order chi connectivity index (χ1) is 10.3. The third kappa shape index (κ3) is 3.40. The molecule has 0 saturated carbocycles. The lowest BCUT2D eigenvalue weighted by Crippen LogP contribution is -2.04. The van der Waals surface area contributed by atoms with Crippen molar-refractivity contribution < 1.29 is 23.2 Å². The fourth-order valence-electron chi connectivity index (χ4n) is 1.72. The molecule has 5 nitrogen and oxygen atoms in total. The monoisotopic (exact) mass is 310 g/mol. The molecule has 0 fully saturated rings. The molecule has 0 aliphatic heterocycles. The second kappa shape index (κ2) is 5.84. The summed E-state index contributed by atoms with van der Waals surface area (Å²) in [5, 5.41) is 20.2. The molecule has 0 saturated heterocycles. The number of hydrogen-bond donors (Lipinski definition) is 1. The number of aromatic hydroxyl groups is 1. The van der Waals surface area contributed by atoms with E-state index < -0.39 is 16.7 Å². The molecule has 0 aromatic heterocycles. The lowest BCUT2D eigenvalue weighted by molar-refractivity contribution is -0.384. The van der Waals surface area contributed by atoms with Gasteiger partial charge in [0.05, 0.1) is 16.2 Å². The smallest absolute Gasteiger partial charge is 0.418 e. The highest BCUT2D eigenvalue weighted by atomic mass is 19.4. The van der Waals surface area contributed by atoms with Crippen LogP contribution in [0.4, 0.5) is 24.5 Å². The highest BCUT2D eigenvalue weighted by molar-refractivity contribution is 5.86. The number of alkyl halides is 3. The second-order valence-corrected chi connectivity index (χ2v) is 4.27. The number of para-hydroxylation sites is 1. The zero-order chi connectivity index (χ0) is 16.3. The van der Waals surface area contributed by atoms with E-state index in [0.717, 1.165) is 36.5 Å². The lowest BCUT2D eigenvalue weighted by Gasteiger charge is -2.09. The number of rotatable bonds is 3. The summed E-state index contributed by atoms with van der Waals surface area (Å²) < 4.78 is 38.4. The Hall–Kier alpha value is -2.90. The standard InChI is InChI=1S/C14H9F3N2O3/c15-14(16,17)11-3-1-2-4-12(11)18-8-9-7-10(19(21)22)5-6-13(9)20/h1-8,20H. The summed E-state index contributed by atoms with van der Waals surface area (Å²) >= 11 is 0. The number of nitro benzene ring substituents is 1. The van der Waals surface area contributed by atoms with Crippen molar-refractivity contribution in [3.63, 3.8) is 0 Å². The third-order valence-corrected chi connectivity index (χ3v) is 2.77. The molecule has 0 aliphatic carbocycles. The zero-order valence-corrected chi connectivity index (χ0v) is 10.9. The van der Waals surface area contributed by atoms with Crippen LogP contribution in [0.15, 0.2) is 47.5 Å². The number of phenolic OH excluding ortho intramolecular Hbond substituents is 1. The Balaban J connectivity index is 2.42. The number of phenols is 1. The largest absolute Gasteiger partial charge is 0.507 e. The molecule has 0 bridgehead atoms. The van der Waals surface area contributed by atoms with E-state index in [9.17, 15) is 28.4 Å². The molecular formula is C14H9F3N2O3. The maximum atomic E-state index is 12.8. The number of aliphatic imine (C=N–C) groups is 1. The molecule has 2 aromatic rings. The van der Waals surface area contributed by atoms with Gasteiger partial charge in [-0.25, -0.2) is 0 Å². The van der Waals surface area contributed by atoms with Crippen LogP contribution >= 0.6 is 0 Å². The Morgan fingerprint density at radius 1 is 1.18 bits per heavy atom. The van der Waals surface area contributed by atoms with E-state index in [1.165, 1.54) is 12.1 Å². The van der Waals surface area contributed by atoms with Gasteiger partial charge in [0.2, 0.25) is 0 Å². The van der Waals surface area contributed by atoms with Gasteiger partial charge in [-0.1, -0.05) is 12.1 Å². The van der Waals surface area contributed by atoms with Gasteiger partial charge >= 0.3 is 6.18 Å². The molecule has 114 valence electrons. The Morgan fingerprint density at radius 2 is 1.86 bits per heavy atom. The van der Waals surface area contributed by atoms with E-state index >= 15 is 0 Å². The second-order valence-electron chi connectivity index (χ2n) is 4.27. The normalized spacial score (nSPS) is 11.8. The first-order valence-corrected chi connectivity index (χ1v) is 5.97. The van der Waals surface area contributed by atoms with E-state index in [2.05, 4.69) is 4.99 Å². The number of nitrogens with zero attached hydrogens (tertiary/aromatic N) is 2. The van der Waals surface area contributed by atoms with Crippen LogP contribution in [0.3, 0.4) is 0 Å². The first-order valence-electron chi connectivity index (χ1n) is 5.97. The van der Waals surface area contributed by atoms with Gasteiger partial charge in [-0.15, -0.1) is 0 Å². The van der Waals surface area contributed by atoms with Gasteiger partial charge in [-0.3, -0.25) is 15.1 Å². The average molecular weight is 310 g/mol. The number of halogens is 3. The molecule has 1 N–H and O–H groups in total. The Kier molecular flexibility index (Phi) is 4.11. The molecular weight excluding hydrogens is 301 g/mol. The van der Waals surface area contributed by atoms with Crippen molar-refractivity contribution in [3.05, 3.63) is 63.7 Å². The maximum absolute atomic E-state index is 12.8. The molecule has 2 aromatic carbocycles. The van der Waals surface area contributed by atoms with Crippen molar-refractivity contribution in [2.45, 2.75) is 6.18 Å². The number of benzene rings is 2. The van der Waals surface area contributed by atoms with Crippen molar-refractivity contribution >= 4 is 17.6 Å². The molecule has 0 amide bonds. The molecule has 2 rings (SSSR count). The summed E-state index contributed by atoms with van der Waals surface area (Å²) in [4.78, 5) is 13.7. The van der Waals surface area contributed by atoms with Crippen LogP contribution in [0, 0.1) is 10.1 Å². The van der Waals surface area contributed by atoms with Crippen molar-refractivity contribution in [1.29, 1.82) is 0 Å². The van der Waals surface area contributed by atoms with Gasteiger partial charge in [0, 0.05) is 23.9 Å². The summed E-state index contributed by atoms with van der Waals surface area (Å²) in [7, 11) is 0. The zero-order valence-electron chi connectivity index (χ0n) is 10.9. The minimum atomic E-state index is -4.57. The topological polar surface area (TPSA) is 75.7 Å². The summed E-state index contributed by atoms with van der Waals surface area (Å²) in [5.74, 6) is -0.321. The highest BCUT2D eigenvalue weighted by Gasteiger charge is 2.33. The van der Waals surface area contributed by atoms with Crippen molar-refractivity contribution in [1.82, 2.24) is 0 Å². The summed E-state index contributed by atoms with van der Waals surface area (Å²) in [6.45, 7) is 0. The first kappa shape index (κ1) is 15.5. The highest BCUT2D eigenvalue weighted by Crippen LogP contribution is 2.36. The quantitative estimate of drug-likeness (QED) is 0.527. The number of non-ortho nitro benzene ring substituents is 1. The summed E-state index contributed by atoms with van der Waals surface area (Å²) in [6.07, 6.45) is -3.62. The van der Waals surface area contributed by atoms with E-state index in [-0.39, 0.29) is 22.7 Å². The van der Waals surface area contributed by atoms with Crippen LogP contribution in [-0.2, 0) is 6.18 Å². The summed E-state index contributed by atoms with van der Waals surface area (Å²) in [6, 6.07) is 7.83. The molecule has 22 heavy (non-hydrogen) atoms. The van der Waals surface area contributed by atoms with Gasteiger partial charge in [0.25, 0.3) is 5.69 Å². The minimum Gasteiger partial charge on any atom is -0.507 e. The van der Waals surface area contributed by atoms with Crippen LogP contribution in [0.2, 0.25) is 0 Å². The van der Waals surface area contributed by atoms with Gasteiger partial charge in [0.1, 0.15) is 5.75 Å². The molecule has 0 unspecified atom stereocenters. The summed E-state index contributed by atoms with van der Waals surface area (Å²) in [5.41, 5.74) is -1.63. The van der Waals surface area contributed by atoms with Gasteiger partial charge in [-0.2, -0.15) is 13.2 Å². The Labute approximate surface area is 122 Å². The van der Waals surface area contributed by atoms with E-state index in [1.807, 2.05) is 0 Å². The van der Waals surface area contributed by atoms with E-state index in [1.54, 1.807) is 0 Å². The van der Waals surface area contributed by atoms with Gasteiger partial charge < -0.3 is 5.11 Å². The number of nitro groups is 1. The minimum absolute atomic E-state index is 0.0498. The molecule has 0 radical (unpaired) electrons. The Morgan fingerprint density at radius 3 is 2.50 bits per heavy atom. The van der Waals surface area contributed by atoms with Crippen LogP contribution in [0.5, 0.6) is 5.75 Å². The van der Waals surface area contributed by atoms with Crippen LogP contribution in [0.1, 0.15) is 11.1 Å². The molecule has 0 atom stereocenters. The average Bonchev–Trinajstić information content (AvgIpc) is 2.45. The Bertz CT molecular complexity index is 742. The predicted octanol–water partition coefficient (Wildman–Crippen LogP) is 4.07. The SMILES string of the molecule is O=[N+]([O-])c1ccc(O)c(C=Nc2ccccc2C(F)(F)F)c1. The molecule has 0 spiro atoms. The van der Waals surface area contributed by atoms with Crippen molar-refractivity contribution in [2.75, 3.05) is 0 Å². The van der Waals surface area contributed by atoms with Gasteiger partial charge in [0.15, 0.2) is 0 Å². The lowest BCUT2D eigenvalue weighted by atomic mass is 10.1. The van der Waals surface area contributed by atoms with Crippen molar-refractivity contribution in [2.24, 2.45) is 4.99 Å². The molecule has 0 heterocycles. The van der Waals surface area contributed by atoms with E-state index in [0.29, 0.717) is 0 Å². The van der Waals surface area contributed by atoms with Crippen molar-refractivity contribution in [3.8, 4) is 5.75 Å².